The van der Waals surface area contributed by atoms with Gasteiger partial charge in [0.2, 0.25) is 0 Å². The molecule has 0 aliphatic carbocycles. The van der Waals surface area contributed by atoms with Gasteiger partial charge in [-0.3, -0.25) is 0 Å². The Morgan fingerprint density at radius 2 is 1.75 bits per heavy atom. The number of amides is 1. The molecule has 0 aromatic heterocycles. The van der Waals surface area contributed by atoms with E-state index < -0.39 is 35.5 Å². The third-order valence-corrected chi connectivity index (χ3v) is 4.82. The zero-order valence-electron chi connectivity index (χ0n) is 16.1. The predicted octanol–water partition coefficient (Wildman–Crippen LogP) is 4.55. The van der Waals surface area contributed by atoms with Crippen molar-refractivity contribution in [2.45, 2.75) is 49.8 Å². The Hall–Kier alpha value is -2.12. The molecule has 0 aliphatic heterocycles. The highest BCUT2D eigenvalue weighted by molar-refractivity contribution is 7.99. The van der Waals surface area contributed by atoms with Gasteiger partial charge in [-0.15, -0.1) is 11.8 Å². The molecule has 0 spiro atoms. The number of rotatable bonds is 7. The molecule has 0 bridgehead atoms. The number of halogens is 2. The highest BCUT2D eigenvalue weighted by Crippen LogP contribution is 2.21. The molecular weight excluding hydrogens is 384 g/mol. The molecule has 0 heterocycles. The fourth-order valence-electron chi connectivity index (χ4n) is 2.54. The van der Waals surface area contributed by atoms with Crippen LogP contribution >= 0.6 is 11.8 Å². The molecule has 2 atom stereocenters. The van der Waals surface area contributed by atoms with Crippen LogP contribution in [0.2, 0.25) is 0 Å². The summed E-state index contributed by atoms with van der Waals surface area (Å²) in [6.07, 6.45) is -1.59. The Labute approximate surface area is 168 Å². The first kappa shape index (κ1) is 22.2. The van der Waals surface area contributed by atoms with Gasteiger partial charge in [-0.2, -0.15) is 0 Å². The second kappa shape index (κ2) is 9.89. The second-order valence-electron chi connectivity index (χ2n) is 7.43. The Morgan fingerprint density at radius 1 is 1.14 bits per heavy atom. The van der Waals surface area contributed by atoms with Crippen LogP contribution in [0.5, 0.6) is 0 Å². The highest BCUT2D eigenvalue weighted by Gasteiger charge is 2.25. The third kappa shape index (κ3) is 7.86. The van der Waals surface area contributed by atoms with Crippen molar-refractivity contribution in [2.75, 3.05) is 5.75 Å². The van der Waals surface area contributed by atoms with Gasteiger partial charge in [0.15, 0.2) is 0 Å². The lowest BCUT2D eigenvalue weighted by Gasteiger charge is -2.27. The number of ether oxygens (including phenoxy) is 1. The number of thioether (sulfide) groups is 1. The fraction of sp³-hybridized carbons (Fsp3) is 0.381. The summed E-state index contributed by atoms with van der Waals surface area (Å²) in [7, 11) is 0. The first-order valence-electron chi connectivity index (χ1n) is 8.93. The smallest absolute Gasteiger partial charge is 0.407 e. The Kier molecular flexibility index (Phi) is 7.83. The summed E-state index contributed by atoms with van der Waals surface area (Å²) in [4.78, 5) is 13.1. The van der Waals surface area contributed by atoms with Crippen LogP contribution in [0.1, 0.15) is 26.3 Å². The van der Waals surface area contributed by atoms with Gasteiger partial charge >= 0.3 is 6.09 Å². The lowest BCUT2D eigenvalue weighted by atomic mass is 10.0. The third-order valence-electron chi connectivity index (χ3n) is 3.71. The summed E-state index contributed by atoms with van der Waals surface area (Å²) in [6.45, 7) is 5.18. The lowest BCUT2D eigenvalue weighted by Crippen LogP contribution is -2.47. The molecule has 0 saturated heterocycles. The second-order valence-corrected chi connectivity index (χ2v) is 8.52. The van der Waals surface area contributed by atoms with E-state index in [2.05, 4.69) is 5.32 Å². The normalized spacial score (nSPS) is 13.6. The number of carbonyl (C=O) groups is 1. The van der Waals surface area contributed by atoms with E-state index >= 15 is 0 Å². The Balaban J connectivity index is 2.10. The minimum Gasteiger partial charge on any atom is -0.444 e. The topological polar surface area (TPSA) is 58.6 Å². The molecule has 28 heavy (non-hydrogen) atoms. The summed E-state index contributed by atoms with van der Waals surface area (Å²) in [6, 6.07) is 11.9. The molecular formula is C21H25F2NO3S. The van der Waals surface area contributed by atoms with Crippen molar-refractivity contribution in [3.63, 3.8) is 0 Å². The number of benzene rings is 2. The number of aliphatic hydroxyl groups excluding tert-OH is 1. The van der Waals surface area contributed by atoms with Crippen LogP contribution in [0.3, 0.4) is 0 Å². The van der Waals surface area contributed by atoms with E-state index in [4.69, 9.17) is 4.74 Å². The maximum atomic E-state index is 13.5. The van der Waals surface area contributed by atoms with Crippen LogP contribution in [0, 0.1) is 11.6 Å². The van der Waals surface area contributed by atoms with Crippen molar-refractivity contribution >= 4 is 17.9 Å². The zero-order chi connectivity index (χ0) is 20.7. The van der Waals surface area contributed by atoms with E-state index in [0.29, 0.717) is 11.3 Å². The van der Waals surface area contributed by atoms with Crippen molar-refractivity contribution in [2.24, 2.45) is 0 Å². The lowest BCUT2D eigenvalue weighted by molar-refractivity contribution is 0.0441. The summed E-state index contributed by atoms with van der Waals surface area (Å²) in [5.41, 5.74) is -0.370. The predicted molar refractivity (Wildman–Crippen MR) is 106 cm³/mol. The molecule has 1 amide bonds. The minimum atomic E-state index is -0.955. The molecule has 4 nitrogen and oxygen atoms in total. The highest BCUT2D eigenvalue weighted by atomic mass is 32.2. The van der Waals surface area contributed by atoms with Crippen molar-refractivity contribution < 1.29 is 23.4 Å². The molecule has 2 aromatic carbocycles. The quantitative estimate of drug-likeness (QED) is 0.659. The van der Waals surface area contributed by atoms with Gasteiger partial charge in [0.05, 0.1) is 12.1 Å². The van der Waals surface area contributed by atoms with Crippen LogP contribution < -0.4 is 5.32 Å². The molecule has 2 N–H and O–H groups in total. The Bertz CT molecular complexity index is 761. The van der Waals surface area contributed by atoms with Crippen LogP contribution in [0.4, 0.5) is 13.6 Å². The maximum absolute atomic E-state index is 13.5. The van der Waals surface area contributed by atoms with Crippen LogP contribution in [-0.2, 0) is 11.2 Å². The van der Waals surface area contributed by atoms with Crippen molar-refractivity contribution in [1.82, 2.24) is 5.32 Å². The number of nitrogens with one attached hydrogen (secondary N) is 1. The van der Waals surface area contributed by atoms with Crippen LogP contribution in [0.15, 0.2) is 53.4 Å². The molecule has 2 rings (SSSR count). The molecule has 0 radical (unpaired) electrons. The number of carbonyl (C=O) groups excluding carboxylic acids is 1. The number of hydrogen-bond donors (Lipinski definition) is 2. The largest absolute Gasteiger partial charge is 0.444 e. The van der Waals surface area contributed by atoms with Gasteiger partial charge in [-0.1, -0.05) is 18.2 Å². The van der Waals surface area contributed by atoms with Gasteiger partial charge < -0.3 is 15.2 Å². The van der Waals surface area contributed by atoms with Gasteiger partial charge in [0.25, 0.3) is 0 Å². The molecule has 0 fully saturated rings. The number of aliphatic hydroxyl groups is 1. The standard InChI is InChI=1S/C21H25F2NO3S/c1-21(2,3)27-20(26)24-18(11-14-9-15(22)12-16(23)10-14)19(25)13-28-17-7-5-4-6-8-17/h4-10,12,18-19,25H,11,13H2,1-3H3,(H,24,26)/t18-,19+/m0/s1. The molecule has 152 valence electrons. The SMILES string of the molecule is CC(C)(C)OC(=O)N[C@@H](Cc1cc(F)cc(F)c1)[C@H](O)CSc1ccccc1. The first-order valence-corrected chi connectivity index (χ1v) is 9.91. The number of hydrogen-bond acceptors (Lipinski definition) is 4. The van der Waals surface area contributed by atoms with Gasteiger partial charge in [0.1, 0.15) is 17.2 Å². The van der Waals surface area contributed by atoms with Crippen molar-refractivity contribution in [3.8, 4) is 0 Å². The van der Waals surface area contributed by atoms with E-state index in [1.165, 1.54) is 23.9 Å². The summed E-state index contributed by atoms with van der Waals surface area (Å²) < 4.78 is 32.3. The molecule has 0 saturated carbocycles. The first-order chi connectivity index (χ1) is 13.1. The van der Waals surface area contributed by atoms with Gasteiger partial charge in [-0.05, 0) is 57.0 Å². The average molecular weight is 409 g/mol. The van der Waals surface area contributed by atoms with Crippen LogP contribution in [0.25, 0.3) is 0 Å². The minimum absolute atomic E-state index is 0.0600. The molecule has 0 aliphatic rings. The fourth-order valence-corrected chi connectivity index (χ4v) is 3.48. The van der Waals surface area contributed by atoms with Gasteiger partial charge in [-0.25, -0.2) is 13.6 Å². The summed E-state index contributed by atoms with van der Waals surface area (Å²) in [5, 5.41) is 13.3. The molecule has 2 aromatic rings. The average Bonchev–Trinajstić information content (AvgIpc) is 2.57. The molecule has 0 unspecified atom stereocenters. The Morgan fingerprint density at radius 3 is 2.32 bits per heavy atom. The monoisotopic (exact) mass is 409 g/mol. The van der Waals surface area contributed by atoms with Gasteiger partial charge in [0, 0.05) is 16.7 Å². The van der Waals surface area contributed by atoms with Crippen molar-refractivity contribution in [3.05, 3.63) is 65.7 Å². The summed E-state index contributed by atoms with van der Waals surface area (Å²) in [5.74, 6) is -1.12. The van der Waals surface area contributed by atoms with E-state index in [1.54, 1.807) is 20.8 Å². The van der Waals surface area contributed by atoms with E-state index in [1.807, 2.05) is 30.3 Å². The van der Waals surface area contributed by atoms with Crippen molar-refractivity contribution in [1.29, 1.82) is 0 Å². The van der Waals surface area contributed by atoms with Crippen LogP contribution in [-0.4, -0.2) is 34.7 Å². The van der Waals surface area contributed by atoms with E-state index in [-0.39, 0.29) is 6.42 Å². The van der Waals surface area contributed by atoms with E-state index in [9.17, 15) is 18.7 Å². The molecule has 7 heteroatoms. The number of alkyl carbamates (subject to hydrolysis) is 1. The zero-order valence-corrected chi connectivity index (χ0v) is 16.9. The van der Waals surface area contributed by atoms with E-state index in [0.717, 1.165) is 11.0 Å². The maximum Gasteiger partial charge on any atom is 0.407 e. The summed E-state index contributed by atoms with van der Waals surface area (Å²) >= 11 is 1.42.